The summed E-state index contributed by atoms with van der Waals surface area (Å²) < 4.78 is 19.0. The Kier molecular flexibility index (Phi) is 10.5. The van der Waals surface area contributed by atoms with Gasteiger partial charge in [-0.05, 0) is 36.4 Å². The van der Waals surface area contributed by atoms with Gasteiger partial charge in [-0.1, -0.05) is 35.3 Å². The van der Waals surface area contributed by atoms with Crippen LogP contribution in [0.5, 0.6) is 11.8 Å². The number of para-hydroxylation sites is 1. The molecule has 1 fully saturated rings. The Hall–Kier alpha value is -3.90. The Labute approximate surface area is 265 Å². The molecule has 0 atom stereocenters. The summed E-state index contributed by atoms with van der Waals surface area (Å²) in [5, 5.41) is 3.37. The monoisotopic (exact) mass is 640 g/mol. The molecule has 0 spiro atoms. The van der Waals surface area contributed by atoms with Crippen molar-refractivity contribution in [3.63, 3.8) is 0 Å². The van der Waals surface area contributed by atoms with Crippen LogP contribution in [0.1, 0.15) is 17.7 Å². The number of hydrogen-bond donors (Lipinski definition) is 1. The minimum atomic E-state index is -0.323. The number of carbonyl (C=O) groups excluding carboxylic acids is 2. The number of morpholine rings is 1. The highest BCUT2D eigenvalue weighted by molar-refractivity contribution is 6.38. The second-order valence-corrected chi connectivity index (χ2v) is 11.0. The van der Waals surface area contributed by atoms with Gasteiger partial charge in [0, 0.05) is 49.9 Å². The number of halogens is 2. The highest BCUT2D eigenvalue weighted by atomic mass is 35.5. The summed E-state index contributed by atoms with van der Waals surface area (Å²) in [4.78, 5) is 37.9. The Morgan fingerprint density at radius 1 is 1.09 bits per heavy atom. The summed E-state index contributed by atoms with van der Waals surface area (Å²) in [6.45, 7) is 3.90. The van der Waals surface area contributed by atoms with Gasteiger partial charge < -0.3 is 24.4 Å². The molecule has 1 N–H and O–H groups in total. The lowest BCUT2D eigenvalue weighted by molar-refractivity contribution is -0.125. The highest BCUT2D eigenvalue weighted by Gasteiger charge is 2.21. The van der Waals surface area contributed by atoms with Gasteiger partial charge in [-0.25, -0.2) is 0 Å². The van der Waals surface area contributed by atoms with E-state index in [0.717, 1.165) is 24.3 Å². The first-order chi connectivity index (χ1) is 21.4. The maximum atomic E-state index is 13.0. The number of carbonyl (C=O) groups is 2. The Bertz CT molecular complexity index is 1610. The van der Waals surface area contributed by atoms with Gasteiger partial charge in [0.25, 0.3) is 6.01 Å². The average molecular weight is 642 g/mol. The Balaban J connectivity index is 1.25. The molecule has 1 saturated heterocycles. The van der Waals surface area contributed by atoms with Crippen molar-refractivity contribution in [2.24, 2.45) is 0 Å². The van der Waals surface area contributed by atoms with Crippen molar-refractivity contribution in [3.8, 4) is 11.8 Å². The van der Waals surface area contributed by atoms with Crippen LogP contribution in [0.2, 0.25) is 10.0 Å². The second-order valence-electron chi connectivity index (χ2n) is 10.2. The van der Waals surface area contributed by atoms with Crippen molar-refractivity contribution in [1.29, 1.82) is 0 Å². The van der Waals surface area contributed by atoms with Crippen molar-refractivity contribution in [2.45, 2.75) is 19.6 Å². The molecule has 2 aromatic carbocycles. The van der Waals surface area contributed by atoms with E-state index in [-0.39, 0.29) is 30.0 Å². The zero-order valence-corrected chi connectivity index (χ0v) is 26.1. The van der Waals surface area contributed by atoms with Crippen LogP contribution >= 0.6 is 23.2 Å². The van der Waals surface area contributed by atoms with Crippen LogP contribution in [0.3, 0.4) is 0 Å². The van der Waals surface area contributed by atoms with Gasteiger partial charge in [-0.2, -0.15) is 4.98 Å². The molecule has 1 aliphatic heterocycles. The summed E-state index contributed by atoms with van der Waals surface area (Å²) >= 11 is 13.3. The number of imidazole rings is 1. The summed E-state index contributed by atoms with van der Waals surface area (Å²) in [6.07, 6.45) is 2.05. The molecule has 11 nitrogen and oxygen atoms in total. The number of amides is 2. The number of pyridine rings is 1. The summed E-state index contributed by atoms with van der Waals surface area (Å²) in [5.74, 6) is 0.00117. The number of ether oxygens (including phenoxy) is 3. The van der Waals surface area contributed by atoms with E-state index in [9.17, 15) is 9.59 Å². The third-order valence-electron chi connectivity index (χ3n) is 7.40. The third kappa shape index (κ3) is 7.41. The van der Waals surface area contributed by atoms with Gasteiger partial charge in [0.15, 0.2) is 0 Å². The zero-order chi connectivity index (χ0) is 31.1. The first-order valence-electron chi connectivity index (χ1n) is 14.2. The average Bonchev–Trinajstić information content (AvgIpc) is 3.41. The maximum absolute atomic E-state index is 13.0. The number of hydrogen-bond acceptors (Lipinski definition) is 8. The van der Waals surface area contributed by atoms with Crippen molar-refractivity contribution in [2.75, 3.05) is 58.5 Å². The van der Waals surface area contributed by atoms with Gasteiger partial charge in [-0.15, -0.1) is 0 Å². The van der Waals surface area contributed by atoms with Crippen LogP contribution in [-0.4, -0.2) is 84.8 Å². The van der Waals surface area contributed by atoms with Gasteiger partial charge in [0.05, 0.1) is 55.3 Å². The van der Waals surface area contributed by atoms with Crippen molar-refractivity contribution < 1.29 is 23.8 Å². The van der Waals surface area contributed by atoms with E-state index in [1.165, 1.54) is 4.90 Å². The largest absolute Gasteiger partial charge is 0.486 e. The van der Waals surface area contributed by atoms with E-state index in [1.54, 1.807) is 32.5 Å². The number of benzene rings is 2. The molecule has 232 valence electrons. The zero-order valence-electron chi connectivity index (χ0n) is 24.6. The van der Waals surface area contributed by atoms with Crippen LogP contribution in [0.15, 0.2) is 54.7 Å². The molecule has 0 saturated carbocycles. The Morgan fingerprint density at radius 2 is 1.91 bits per heavy atom. The number of aromatic nitrogens is 3. The second kappa shape index (κ2) is 14.7. The predicted molar refractivity (Wildman–Crippen MR) is 169 cm³/mol. The first kappa shape index (κ1) is 31.5. The molecule has 0 unspecified atom stereocenters. The molecule has 1 aliphatic rings. The lowest BCUT2D eigenvalue weighted by atomic mass is 10.2. The third-order valence-corrected chi connectivity index (χ3v) is 8.18. The number of nitrogens with zero attached hydrogens (tertiary/aromatic N) is 5. The molecule has 0 aliphatic carbocycles. The minimum Gasteiger partial charge on any atom is -0.486 e. The first-order valence-corrected chi connectivity index (χ1v) is 15.0. The molecule has 5 rings (SSSR count). The summed E-state index contributed by atoms with van der Waals surface area (Å²) in [7, 11) is 3.17. The van der Waals surface area contributed by atoms with Crippen LogP contribution in [0.25, 0.3) is 11.0 Å². The fourth-order valence-corrected chi connectivity index (χ4v) is 5.51. The van der Waals surface area contributed by atoms with Crippen molar-refractivity contribution in [1.82, 2.24) is 24.8 Å². The quantitative estimate of drug-likeness (QED) is 0.246. The summed E-state index contributed by atoms with van der Waals surface area (Å²) in [5.41, 5.74) is 3.24. The van der Waals surface area contributed by atoms with E-state index in [4.69, 9.17) is 37.4 Å². The predicted octanol–water partition coefficient (Wildman–Crippen LogP) is 4.18. The maximum Gasteiger partial charge on any atom is 0.297 e. The molecule has 13 heteroatoms. The molecule has 44 heavy (non-hydrogen) atoms. The SMILES string of the molecule is COc1nc2c(OCc3c(Cl)ccc(N(C)C(=O)CNC(=O)CCN4CCOCC4)c3Cl)cccc2n1Cc1ccccn1. The molecule has 2 aromatic heterocycles. The number of methoxy groups -OCH3 is 1. The highest BCUT2D eigenvalue weighted by Crippen LogP contribution is 2.36. The fraction of sp³-hybridized carbons (Fsp3) is 0.355. The van der Waals surface area contributed by atoms with Gasteiger partial charge in [0.1, 0.15) is 17.9 Å². The summed E-state index contributed by atoms with van der Waals surface area (Å²) in [6, 6.07) is 15.1. The number of anilines is 1. The van der Waals surface area contributed by atoms with Gasteiger partial charge in [-0.3, -0.25) is 24.0 Å². The molecular formula is C31H34Cl2N6O5. The molecule has 0 radical (unpaired) electrons. The molecule has 2 amide bonds. The standard InChI is InChI=1S/C31H34Cl2N6O5/c1-37(28(41)18-35-27(40)11-13-38-14-16-43-17-15-38)24-10-9-23(32)22(29(24)33)20-44-26-8-5-7-25-30(26)36-31(42-2)39(25)19-21-6-3-4-12-34-21/h3-10,12H,11,13-20H2,1-2H3,(H,35,40). The van der Waals surface area contributed by atoms with E-state index in [2.05, 4.69) is 20.2 Å². The van der Waals surface area contributed by atoms with Crippen molar-refractivity contribution in [3.05, 3.63) is 76.0 Å². The van der Waals surface area contributed by atoms with E-state index >= 15 is 0 Å². The molecule has 3 heterocycles. The topological polar surface area (TPSA) is 111 Å². The molecule has 4 aromatic rings. The van der Waals surface area contributed by atoms with Crippen molar-refractivity contribution >= 4 is 51.7 Å². The Morgan fingerprint density at radius 3 is 2.66 bits per heavy atom. The smallest absolute Gasteiger partial charge is 0.297 e. The normalized spacial score (nSPS) is 13.5. The van der Waals surface area contributed by atoms with E-state index in [1.807, 2.05) is 41.0 Å². The molecular weight excluding hydrogens is 607 g/mol. The lowest BCUT2D eigenvalue weighted by Crippen LogP contribution is -2.41. The number of fused-ring (bicyclic) bond motifs is 1. The molecule has 0 bridgehead atoms. The number of likely N-dealkylation sites (N-methyl/N-ethyl adjacent to an activating group) is 1. The lowest BCUT2D eigenvalue weighted by Gasteiger charge is -2.26. The number of rotatable bonds is 12. The van der Waals surface area contributed by atoms with Crippen LogP contribution < -0.4 is 19.7 Å². The minimum absolute atomic E-state index is 0.0281. The van der Waals surface area contributed by atoms with E-state index < -0.39 is 0 Å². The van der Waals surface area contributed by atoms with Gasteiger partial charge >= 0.3 is 0 Å². The fourth-order valence-electron chi connectivity index (χ4n) is 4.91. The van der Waals surface area contributed by atoms with Gasteiger partial charge in [0.2, 0.25) is 11.8 Å². The van der Waals surface area contributed by atoms with E-state index in [0.29, 0.717) is 66.3 Å². The van der Waals surface area contributed by atoms with Crippen LogP contribution in [0, 0.1) is 0 Å². The van der Waals surface area contributed by atoms with Crippen LogP contribution in [-0.2, 0) is 27.5 Å². The number of nitrogens with one attached hydrogen (secondary N) is 1. The van der Waals surface area contributed by atoms with Crippen LogP contribution in [0.4, 0.5) is 5.69 Å².